The predicted octanol–water partition coefficient (Wildman–Crippen LogP) is 3.24. The van der Waals surface area contributed by atoms with Crippen molar-refractivity contribution in [3.63, 3.8) is 0 Å². The molecular weight excluding hydrogens is 396 g/mol. The number of esters is 1. The molecule has 0 atom stereocenters. The number of hydrogen-bond donors (Lipinski definition) is 0. The van der Waals surface area contributed by atoms with E-state index in [0.717, 1.165) is 11.1 Å². The molecule has 0 saturated heterocycles. The summed E-state index contributed by atoms with van der Waals surface area (Å²) in [5, 5.41) is 11.9. The highest BCUT2D eigenvalue weighted by atomic mass is 35.5. The van der Waals surface area contributed by atoms with Crippen molar-refractivity contribution in [2.75, 3.05) is 6.79 Å². The molecule has 0 unspecified atom stereocenters. The molecule has 2 aromatic carbocycles. The van der Waals surface area contributed by atoms with Crippen molar-refractivity contribution in [3.05, 3.63) is 70.0 Å². The molecule has 0 spiro atoms. The quantitative estimate of drug-likeness (QED) is 0.469. The zero-order valence-electron chi connectivity index (χ0n) is 15.5. The molecule has 1 aromatic heterocycles. The maximum atomic E-state index is 12.9. The van der Waals surface area contributed by atoms with Gasteiger partial charge in [0.1, 0.15) is 12.4 Å². The fourth-order valence-corrected chi connectivity index (χ4v) is 3.21. The van der Waals surface area contributed by atoms with Crippen molar-refractivity contribution >= 4 is 29.3 Å². The van der Waals surface area contributed by atoms with E-state index in [4.69, 9.17) is 25.8 Å². The number of rotatable bonds is 5. The Balaban J connectivity index is 1.61. The lowest BCUT2D eigenvalue weighted by atomic mass is 10.1. The zero-order chi connectivity index (χ0) is 20.2. The Morgan fingerprint density at radius 3 is 2.90 bits per heavy atom. The molecule has 29 heavy (non-hydrogen) atoms. The molecule has 148 valence electrons. The van der Waals surface area contributed by atoms with Gasteiger partial charge in [0.25, 0.3) is 0 Å². The number of carbonyl (C=O) groups is 1. The average Bonchev–Trinajstić information content (AvgIpc) is 3.16. The molecule has 0 fully saturated rings. The van der Waals surface area contributed by atoms with Crippen LogP contribution in [-0.2, 0) is 27.5 Å². The van der Waals surface area contributed by atoms with Crippen LogP contribution in [0.25, 0.3) is 11.8 Å². The van der Waals surface area contributed by atoms with Gasteiger partial charge in [-0.15, -0.1) is 5.10 Å². The summed E-state index contributed by atoms with van der Waals surface area (Å²) in [6.45, 7) is 2.21. The van der Waals surface area contributed by atoms with Gasteiger partial charge in [-0.1, -0.05) is 41.9 Å². The fourth-order valence-electron chi connectivity index (χ4n) is 2.95. The van der Waals surface area contributed by atoms with Crippen LogP contribution in [0.3, 0.4) is 0 Å². The van der Waals surface area contributed by atoms with Crippen molar-refractivity contribution in [1.29, 1.82) is 0 Å². The largest absolute Gasteiger partial charge is 0.467 e. The first kappa shape index (κ1) is 19.1. The smallest absolute Gasteiger partial charge is 0.357 e. The van der Waals surface area contributed by atoms with Crippen molar-refractivity contribution in [2.24, 2.45) is 0 Å². The number of hydrogen-bond acceptors (Lipinski definition) is 7. The van der Waals surface area contributed by atoms with Crippen molar-refractivity contribution in [3.8, 4) is 5.75 Å². The number of tetrazole rings is 1. The minimum absolute atomic E-state index is 0.0188. The number of halogens is 1. The molecular formula is C20H17ClN4O4. The highest BCUT2D eigenvalue weighted by Gasteiger charge is 2.21. The predicted molar refractivity (Wildman–Crippen MR) is 105 cm³/mol. The van der Waals surface area contributed by atoms with Crippen molar-refractivity contribution < 1.29 is 19.0 Å². The molecule has 9 heteroatoms. The van der Waals surface area contributed by atoms with Crippen LogP contribution in [0.15, 0.2) is 42.5 Å². The molecule has 2 heterocycles. The maximum Gasteiger partial charge on any atom is 0.357 e. The van der Waals surface area contributed by atoms with E-state index in [0.29, 0.717) is 28.8 Å². The fraction of sp³-hybridized carbons (Fsp3) is 0.200. The first-order valence-electron chi connectivity index (χ1n) is 8.83. The van der Waals surface area contributed by atoms with E-state index in [9.17, 15) is 4.79 Å². The summed E-state index contributed by atoms with van der Waals surface area (Å²) < 4.78 is 17.7. The van der Waals surface area contributed by atoms with Gasteiger partial charge in [-0.05, 0) is 41.1 Å². The van der Waals surface area contributed by atoms with E-state index >= 15 is 0 Å². The second-order valence-electron chi connectivity index (χ2n) is 6.32. The molecule has 1 aliphatic heterocycles. The topological polar surface area (TPSA) is 88.4 Å². The van der Waals surface area contributed by atoms with Crippen molar-refractivity contribution in [1.82, 2.24) is 20.2 Å². The second kappa shape index (κ2) is 8.42. The Kier molecular flexibility index (Phi) is 5.55. The molecule has 4 rings (SSSR count). The molecule has 8 nitrogen and oxygen atoms in total. The lowest BCUT2D eigenvalue weighted by Crippen LogP contribution is -2.17. The summed E-state index contributed by atoms with van der Waals surface area (Å²) in [6, 6.07) is 12.9. The van der Waals surface area contributed by atoms with Crippen molar-refractivity contribution in [2.45, 2.75) is 20.1 Å². The number of aromatic nitrogens is 4. The summed E-state index contributed by atoms with van der Waals surface area (Å²) in [6.07, 6.45) is 1.67. The monoisotopic (exact) mass is 412 g/mol. The third-order valence-electron chi connectivity index (χ3n) is 4.28. The van der Waals surface area contributed by atoms with Gasteiger partial charge in [-0.25, -0.2) is 4.79 Å². The van der Waals surface area contributed by atoms with E-state index in [1.807, 2.05) is 30.3 Å². The third-order valence-corrected chi connectivity index (χ3v) is 4.49. The molecule has 0 N–H and O–H groups in total. The van der Waals surface area contributed by atoms with Gasteiger partial charge < -0.3 is 14.2 Å². The van der Waals surface area contributed by atoms with Crippen LogP contribution in [-0.4, -0.2) is 33.0 Å². The van der Waals surface area contributed by atoms with Gasteiger partial charge in [0, 0.05) is 16.1 Å². The molecule has 0 amide bonds. The summed E-state index contributed by atoms with van der Waals surface area (Å²) in [4.78, 5) is 12.9. The minimum atomic E-state index is -0.579. The van der Waals surface area contributed by atoms with Gasteiger partial charge in [0.15, 0.2) is 18.3 Å². The van der Waals surface area contributed by atoms with E-state index in [1.165, 1.54) is 4.68 Å². The SMILES string of the molecule is Cc1nnnn1/C(=C\c1ccccc1)C(=O)OCc1cc(Cl)cc2c1OCOC2. The highest BCUT2D eigenvalue weighted by molar-refractivity contribution is 6.30. The summed E-state index contributed by atoms with van der Waals surface area (Å²) in [5.74, 6) is 0.510. The van der Waals surface area contributed by atoms with Gasteiger partial charge in [0.05, 0.1) is 6.61 Å². The van der Waals surface area contributed by atoms with Gasteiger partial charge in [0.2, 0.25) is 0 Å². The normalized spacial score (nSPS) is 13.5. The van der Waals surface area contributed by atoms with E-state index in [2.05, 4.69) is 15.5 Å². The number of fused-ring (bicyclic) bond motifs is 1. The zero-order valence-corrected chi connectivity index (χ0v) is 16.3. The third kappa shape index (κ3) is 4.28. The maximum absolute atomic E-state index is 12.9. The van der Waals surface area contributed by atoms with E-state index < -0.39 is 5.97 Å². The van der Waals surface area contributed by atoms with Crippen LogP contribution < -0.4 is 4.74 Å². The Labute approximate surface area is 171 Å². The van der Waals surface area contributed by atoms with Gasteiger partial charge in [-0.3, -0.25) is 0 Å². The lowest BCUT2D eigenvalue weighted by molar-refractivity contribution is -0.138. The van der Waals surface area contributed by atoms with Crippen LogP contribution in [0.2, 0.25) is 5.02 Å². The Hall–Kier alpha value is -3.23. The number of aryl methyl sites for hydroxylation is 1. The molecule has 0 radical (unpaired) electrons. The Morgan fingerprint density at radius 2 is 2.14 bits per heavy atom. The molecule has 1 aliphatic rings. The van der Waals surface area contributed by atoms with Crippen LogP contribution in [0, 0.1) is 6.92 Å². The molecule has 0 bridgehead atoms. The van der Waals surface area contributed by atoms with Crippen LogP contribution in [0.4, 0.5) is 0 Å². The van der Waals surface area contributed by atoms with Crippen LogP contribution in [0.5, 0.6) is 5.75 Å². The van der Waals surface area contributed by atoms with E-state index in [-0.39, 0.29) is 19.1 Å². The van der Waals surface area contributed by atoms with Gasteiger partial charge >= 0.3 is 5.97 Å². The Bertz CT molecular complexity index is 1070. The number of carbonyl (C=O) groups excluding carboxylic acids is 1. The first-order valence-corrected chi connectivity index (χ1v) is 9.20. The summed E-state index contributed by atoms with van der Waals surface area (Å²) in [7, 11) is 0. The van der Waals surface area contributed by atoms with Gasteiger partial charge in [-0.2, -0.15) is 4.68 Å². The van der Waals surface area contributed by atoms with E-state index in [1.54, 1.807) is 25.1 Å². The molecule has 0 saturated carbocycles. The van der Waals surface area contributed by atoms with Crippen LogP contribution >= 0.6 is 11.6 Å². The lowest BCUT2D eigenvalue weighted by Gasteiger charge is -2.21. The summed E-state index contributed by atoms with van der Waals surface area (Å²) >= 11 is 6.18. The standard InChI is InChI=1S/C20H17ClN4O4/c1-13-22-23-24-25(13)18(7-14-5-3-2-4-6-14)20(26)28-11-16-9-17(21)8-15-10-27-12-29-19(15)16/h2-9H,10-12H2,1H3/b18-7-. The average molecular weight is 413 g/mol. The second-order valence-corrected chi connectivity index (χ2v) is 6.75. The number of benzene rings is 2. The Morgan fingerprint density at radius 1 is 1.31 bits per heavy atom. The first-order chi connectivity index (χ1) is 14.1. The molecule has 3 aromatic rings. The number of nitrogens with zero attached hydrogens (tertiary/aromatic N) is 4. The number of ether oxygens (including phenoxy) is 3. The minimum Gasteiger partial charge on any atom is -0.467 e. The van der Waals surface area contributed by atoms with Crippen LogP contribution in [0.1, 0.15) is 22.5 Å². The highest BCUT2D eigenvalue weighted by Crippen LogP contribution is 2.32. The summed E-state index contributed by atoms with van der Waals surface area (Å²) in [5.41, 5.74) is 2.48. The molecule has 0 aliphatic carbocycles.